The van der Waals surface area contributed by atoms with Crippen molar-refractivity contribution in [2.24, 2.45) is 0 Å². The third-order valence-electron chi connectivity index (χ3n) is 5.22. The first-order valence-corrected chi connectivity index (χ1v) is 10.0. The fraction of sp³-hybridized carbons (Fsp3) is 0.0435. The molecule has 2 aromatic heterocycles. The molecule has 1 N–H and O–H groups in total. The first-order valence-electron chi connectivity index (χ1n) is 9.13. The Labute approximate surface area is 165 Å². The van der Waals surface area contributed by atoms with Gasteiger partial charge in [0.25, 0.3) is 11.1 Å². The second-order valence-corrected chi connectivity index (χ2v) is 7.85. The van der Waals surface area contributed by atoms with E-state index in [1.807, 2.05) is 24.4 Å². The lowest BCUT2D eigenvalue weighted by atomic mass is 10.1. The van der Waals surface area contributed by atoms with Crippen molar-refractivity contribution in [3.63, 3.8) is 0 Å². The number of para-hydroxylation sites is 1. The van der Waals surface area contributed by atoms with Crippen LogP contribution in [0.1, 0.15) is 16.4 Å². The number of nitrogens with zero attached hydrogens (tertiary/aromatic N) is 2. The van der Waals surface area contributed by atoms with E-state index in [-0.39, 0.29) is 5.25 Å². The number of H-pyrrole nitrogens is 1. The first kappa shape index (κ1) is 15.7. The number of rotatable bonds is 3. The Balaban J connectivity index is 1.38. The summed E-state index contributed by atoms with van der Waals surface area (Å²) in [6.07, 6.45) is 1.92. The summed E-state index contributed by atoms with van der Waals surface area (Å²) < 4.78 is 6.05. The highest BCUT2D eigenvalue weighted by Gasteiger charge is 2.30. The van der Waals surface area contributed by atoms with Gasteiger partial charge in [0.15, 0.2) is 0 Å². The molecule has 134 valence electrons. The predicted octanol–water partition coefficient (Wildman–Crippen LogP) is 6.08. The Bertz CT molecular complexity index is 1270. The van der Waals surface area contributed by atoms with Gasteiger partial charge < -0.3 is 9.40 Å². The van der Waals surface area contributed by atoms with Crippen LogP contribution in [0.2, 0.25) is 0 Å². The maximum atomic E-state index is 6.05. The molecule has 1 aliphatic rings. The quantitative estimate of drug-likeness (QED) is 0.411. The van der Waals surface area contributed by atoms with Gasteiger partial charge in [-0.15, -0.1) is 10.2 Å². The number of fused-ring (bicyclic) bond motifs is 4. The van der Waals surface area contributed by atoms with Crippen LogP contribution >= 0.6 is 11.8 Å². The van der Waals surface area contributed by atoms with Crippen LogP contribution in [0.25, 0.3) is 33.5 Å². The predicted molar refractivity (Wildman–Crippen MR) is 111 cm³/mol. The lowest BCUT2D eigenvalue weighted by molar-refractivity contribution is 0.465. The molecule has 5 aromatic rings. The summed E-state index contributed by atoms with van der Waals surface area (Å²) in [7, 11) is 0. The fourth-order valence-corrected chi connectivity index (χ4v) is 5.03. The van der Waals surface area contributed by atoms with Gasteiger partial charge in [-0.25, -0.2) is 0 Å². The van der Waals surface area contributed by atoms with Gasteiger partial charge in [-0.1, -0.05) is 78.5 Å². The zero-order chi connectivity index (χ0) is 18.5. The average molecular weight is 381 g/mol. The van der Waals surface area contributed by atoms with E-state index in [1.54, 1.807) is 11.8 Å². The Hall–Kier alpha value is -3.31. The van der Waals surface area contributed by atoms with Crippen molar-refractivity contribution in [2.75, 3.05) is 0 Å². The van der Waals surface area contributed by atoms with E-state index in [2.05, 4.69) is 69.8 Å². The molecular weight excluding hydrogens is 366 g/mol. The van der Waals surface area contributed by atoms with Crippen LogP contribution in [0.15, 0.2) is 88.6 Å². The first-order chi connectivity index (χ1) is 13.9. The van der Waals surface area contributed by atoms with Crippen molar-refractivity contribution in [1.29, 1.82) is 0 Å². The summed E-state index contributed by atoms with van der Waals surface area (Å²) in [5.74, 6) is 0.541. The van der Waals surface area contributed by atoms with E-state index in [9.17, 15) is 0 Å². The molecule has 0 saturated carbocycles. The summed E-state index contributed by atoms with van der Waals surface area (Å²) in [5, 5.41) is 10.4. The van der Waals surface area contributed by atoms with Crippen LogP contribution in [0.5, 0.6) is 0 Å². The highest BCUT2D eigenvalue weighted by Crippen LogP contribution is 2.52. The highest BCUT2D eigenvalue weighted by atomic mass is 32.2. The number of aromatic amines is 1. The number of benzene rings is 3. The molecule has 4 nitrogen and oxygen atoms in total. The van der Waals surface area contributed by atoms with Crippen molar-refractivity contribution >= 4 is 22.7 Å². The van der Waals surface area contributed by atoms with E-state index in [0.29, 0.717) is 11.1 Å². The van der Waals surface area contributed by atoms with Crippen LogP contribution in [-0.2, 0) is 0 Å². The number of aromatic nitrogens is 3. The molecule has 3 aromatic carbocycles. The molecule has 0 spiro atoms. The van der Waals surface area contributed by atoms with E-state index in [4.69, 9.17) is 4.42 Å². The lowest BCUT2D eigenvalue weighted by Gasteiger charge is -2.09. The molecule has 0 bridgehead atoms. The maximum Gasteiger partial charge on any atom is 0.277 e. The third-order valence-corrected chi connectivity index (χ3v) is 6.33. The van der Waals surface area contributed by atoms with Gasteiger partial charge in [-0.3, -0.25) is 0 Å². The molecule has 5 heteroatoms. The second-order valence-electron chi connectivity index (χ2n) is 6.79. The third kappa shape index (κ3) is 2.33. The van der Waals surface area contributed by atoms with E-state index in [1.165, 1.54) is 22.3 Å². The zero-order valence-corrected chi connectivity index (χ0v) is 15.6. The van der Waals surface area contributed by atoms with Crippen LogP contribution in [0, 0.1) is 0 Å². The molecule has 0 saturated heterocycles. The van der Waals surface area contributed by atoms with Crippen molar-refractivity contribution in [2.45, 2.75) is 10.5 Å². The topological polar surface area (TPSA) is 54.7 Å². The SMILES string of the molecule is c1ccc2c(c1)-c1ccccc1C2Sc1nnc(-c2c[nH]c3ccccc23)o1. The molecule has 2 heterocycles. The van der Waals surface area contributed by atoms with Crippen LogP contribution in [-0.4, -0.2) is 15.2 Å². The Morgan fingerprint density at radius 3 is 2.21 bits per heavy atom. The van der Waals surface area contributed by atoms with E-state index in [0.717, 1.165) is 16.5 Å². The van der Waals surface area contributed by atoms with Crippen LogP contribution in [0.3, 0.4) is 0 Å². The summed E-state index contributed by atoms with van der Waals surface area (Å²) in [6.45, 7) is 0. The van der Waals surface area contributed by atoms with E-state index >= 15 is 0 Å². The monoisotopic (exact) mass is 381 g/mol. The Kier molecular flexibility index (Phi) is 3.43. The largest absolute Gasteiger partial charge is 0.411 e. The number of hydrogen-bond acceptors (Lipinski definition) is 4. The Morgan fingerprint density at radius 2 is 1.43 bits per heavy atom. The van der Waals surface area contributed by atoms with Gasteiger partial charge in [0.1, 0.15) is 0 Å². The minimum atomic E-state index is 0.156. The normalized spacial score (nSPS) is 13.0. The zero-order valence-electron chi connectivity index (χ0n) is 14.8. The molecule has 0 amide bonds. The summed E-state index contributed by atoms with van der Waals surface area (Å²) in [6, 6.07) is 25.2. The lowest BCUT2D eigenvalue weighted by Crippen LogP contribution is -1.91. The van der Waals surface area contributed by atoms with Crippen molar-refractivity contribution in [1.82, 2.24) is 15.2 Å². The summed E-state index contributed by atoms with van der Waals surface area (Å²) in [4.78, 5) is 3.26. The number of nitrogens with one attached hydrogen (secondary N) is 1. The molecule has 0 atom stereocenters. The van der Waals surface area contributed by atoms with Crippen molar-refractivity contribution < 1.29 is 4.42 Å². The Morgan fingerprint density at radius 1 is 0.750 bits per heavy atom. The average Bonchev–Trinajstić information content (AvgIpc) is 3.45. The van der Waals surface area contributed by atoms with Gasteiger partial charge in [-0.05, 0) is 28.3 Å². The van der Waals surface area contributed by atoms with Crippen molar-refractivity contribution in [3.05, 3.63) is 90.1 Å². The summed E-state index contributed by atoms with van der Waals surface area (Å²) >= 11 is 1.61. The van der Waals surface area contributed by atoms with Crippen LogP contribution < -0.4 is 0 Å². The van der Waals surface area contributed by atoms with Gasteiger partial charge in [0.2, 0.25) is 0 Å². The molecule has 28 heavy (non-hydrogen) atoms. The standard InChI is InChI=1S/C23H15N3OS/c1-3-10-17-14(7-1)15-8-2-4-11-18(15)21(17)28-23-26-25-22(27-23)19-13-24-20-12-6-5-9-16(19)20/h1-13,21,24H. The van der Waals surface area contributed by atoms with Gasteiger partial charge >= 0.3 is 0 Å². The molecule has 1 aliphatic carbocycles. The second kappa shape index (κ2) is 6.11. The van der Waals surface area contributed by atoms with Gasteiger partial charge in [0, 0.05) is 17.1 Å². The highest BCUT2D eigenvalue weighted by molar-refractivity contribution is 7.99. The summed E-state index contributed by atoms with van der Waals surface area (Å²) in [5.41, 5.74) is 7.14. The maximum absolute atomic E-state index is 6.05. The van der Waals surface area contributed by atoms with Gasteiger partial charge in [0.05, 0.1) is 10.8 Å². The molecule has 6 rings (SSSR count). The fourth-order valence-electron chi connectivity index (χ4n) is 3.95. The molecule has 0 fully saturated rings. The molecule has 0 unspecified atom stereocenters. The van der Waals surface area contributed by atoms with Gasteiger partial charge in [-0.2, -0.15) is 0 Å². The van der Waals surface area contributed by atoms with E-state index < -0.39 is 0 Å². The molecule has 0 radical (unpaired) electrons. The minimum Gasteiger partial charge on any atom is -0.411 e. The van der Waals surface area contributed by atoms with Crippen LogP contribution in [0.4, 0.5) is 0 Å². The smallest absolute Gasteiger partial charge is 0.277 e. The molecular formula is C23H15N3OS. The number of hydrogen-bond donors (Lipinski definition) is 1. The minimum absolute atomic E-state index is 0.156. The molecule has 0 aliphatic heterocycles. The number of thioether (sulfide) groups is 1. The van der Waals surface area contributed by atoms with Crippen molar-refractivity contribution in [3.8, 4) is 22.6 Å².